The number of nitrogens with zero attached hydrogens (tertiary/aromatic N) is 3. The first kappa shape index (κ1) is 20.6. The molecule has 0 aliphatic heterocycles. The molecule has 1 heterocycles. The van der Waals surface area contributed by atoms with Crippen LogP contribution in [0.3, 0.4) is 0 Å². The van der Waals surface area contributed by atoms with Gasteiger partial charge in [-0.3, -0.25) is 9.36 Å². The third-order valence-electron chi connectivity index (χ3n) is 5.27. The van der Waals surface area contributed by atoms with Gasteiger partial charge in [0.05, 0.1) is 10.8 Å². The van der Waals surface area contributed by atoms with Crippen LogP contribution < -0.4 is 5.32 Å². The van der Waals surface area contributed by atoms with Crippen LogP contribution in [0.2, 0.25) is 0 Å². The SMILES string of the molecule is Cc1cc(C)c(NC(=O)[C@@H](C)Sc2nnc(-c3ccccc3F)n2C2CC2)c(C)c1. The molecular weight excluding hydrogens is 399 g/mol. The Balaban J connectivity index is 1.56. The van der Waals surface area contributed by atoms with Crippen molar-refractivity contribution in [1.29, 1.82) is 0 Å². The molecule has 5 nitrogen and oxygen atoms in total. The Bertz CT molecular complexity index is 1080. The minimum atomic E-state index is -0.375. The number of aromatic nitrogens is 3. The lowest BCUT2D eigenvalue weighted by atomic mass is 10.1. The van der Waals surface area contributed by atoms with Crippen LogP contribution in [0.5, 0.6) is 0 Å². The maximum absolute atomic E-state index is 14.3. The Hall–Kier alpha value is -2.67. The summed E-state index contributed by atoms with van der Waals surface area (Å²) >= 11 is 1.36. The molecule has 1 amide bonds. The lowest BCUT2D eigenvalue weighted by molar-refractivity contribution is -0.115. The first-order chi connectivity index (χ1) is 14.3. The summed E-state index contributed by atoms with van der Waals surface area (Å²) in [4.78, 5) is 12.9. The maximum Gasteiger partial charge on any atom is 0.237 e. The highest BCUT2D eigenvalue weighted by molar-refractivity contribution is 8.00. The van der Waals surface area contributed by atoms with Crippen molar-refractivity contribution in [3.63, 3.8) is 0 Å². The van der Waals surface area contributed by atoms with Crippen LogP contribution in [0.1, 0.15) is 42.5 Å². The number of benzene rings is 2. The molecule has 0 radical (unpaired) electrons. The number of hydrogen-bond acceptors (Lipinski definition) is 4. The van der Waals surface area contributed by atoms with Crippen molar-refractivity contribution in [3.8, 4) is 11.4 Å². The molecule has 0 saturated heterocycles. The lowest BCUT2D eigenvalue weighted by Gasteiger charge is -2.16. The van der Waals surface area contributed by atoms with Gasteiger partial charge in [0.15, 0.2) is 11.0 Å². The predicted octanol–water partition coefficient (Wildman–Crippen LogP) is 5.46. The van der Waals surface area contributed by atoms with Crippen molar-refractivity contribution in [1.82, 2.24) is 14.8 Å². The van der Waals surface area contributed by atoms with Gasteiger partial charge in [-0.15, -0.1) is 10.2 Å². The normalized spacial score (nSPS) is 14.6. The number of carbonyl (C=O) groups is 1. The summed E-state index contributed by atoms with van der Waals surface area (Å²) in [6.45, 7) is 7.89. The standard InChI is InChI=1S/C23H25FN4OS/c1-13-11-14(2)20(15(3)12-13)25-22(29)16(4)30-23-27-26-21(28(23)17-9-10-17)18-7-5-6-8-19(18)24/h5-8,11-12,16-17H,9-10H2,1-4H3,(H,25,29)/t16-/m1/s1. The minimum absolute atomic E-state index is 0.0900. The van der Waals surface area contributed by atoms with Gasteiger partial charge in [-0.1, -0.05) is 41.6 Å². The highest BCUT2D eigenvalue weighted by atomic mass is 32.2. The second-order valence-corrected chi connectivity index (χ2v) is 9.22. The number of thioether (sulfide) groups is 1. The molecule has 1 aliphatic rings. The average molecular weight is 425 g/mol. The number of anilines is 1. The Labute approximate surface area is 180 Å². The van der Waals surface area contributed by atoms with Crippen LogP contribution >= 0.6 is 11.8 Å². The number of nitrogens with one attached hydrogen (secondary N) is 1. The zero-order chi connectivity index (χ0) is 21.4. The van der Waals surface area contributed by atoms with E-state index in [2.05, 4.69) is 27.6 Å². The van der Waals surface area contributed by atoms with Gasteiger partial charge in [-0.05, 0) is 63.8 Å². The van der Waals surface area contributed by atoms with E-state index in [4.69, 9.17) is 0 Å². The second-order valence-electron chi connectivity index (χ2n) is 7.91. The van der Waals surface area contributed by atoms with Crippen molar-refractivity contribution in [3.05, 3.63) is 58.9 Å². The molecule has 4 rings (SSSR count). The van der Waals surface area contributed by atoms with Gasteiger partial charge in [-0.2, -0.15) is 0 Å². The molecule has 7 heteroatoms. The number of hydrogen-bond donors (Lipinski definition) is 1. The Morgan fingerprint density at radius 3 is 2.47 bits per heavy atom. The predicted molar refractivity (Wildman–Crippen MR) is 118 cm³/mol. The van der Waals surface area contributed by atoms with E-state index in [1.54, 1.807) is 18.2 Å². The fourth-order valence-corrected chi connectivity index (χ4v) is 4.58. The third-order valence-corrected chi connectivity index (χ3v) is 6.32. The fraction of sp³-hybridized carbons (Fsp3) is 0.348. The molecule has 30 heavy (non-hydrogen) atoms. The van der Waals surface area contributed by atoms with E-state index in [0.29, 0.717) is 16.5 Å². The molecule has 0 bridgehead atoms. The van der Waals surface area contributed by atoms with E-state index in [0.717, 1.165) is 29.7 Å². The van der Waals surface area contributed by atoms with Gasteiger partial charge < -0.3 is 5.32 Å². The first-order valence-corrected chi connectivity index (χ1v) is 11.0. The largest absolute Gasteiger partial charge is 0.325 e. The zero-order valence-electron chi connectivity index (χ0n) is 17.6. The zero-order valence-corrected chi connectivity index (χ0v) is 18.4. The van der Waals surface area contributed by atoms with E-state index in [1.165, 1.54) is 23.4 Å². The smallest absolute Gasteiger partial charge is 0.237 e. The monoisotopic (exact) mass is 424 g/mol. The van der Waals surface area contributed by atoms with E-state index >= 15 is 0 Å². The third kappa shape index (κ3) is 4.12. The Kier molecular flexibility index (Phi) is 5.64. The molecule has 156 valence electrons. The average Bonchev–Trinajstić information content (AvgIpc) is 3.45. The number of carbonyl (C=O) groups excluding carboxylic acids is 1. The molecule has 1 aromatic heterocycles. The van der Waals surface area contributed by atoms with E-state index < -0.39 is 0 Å². The summed E-state index contributed by atoms with van der Waals surface area (Å²) in [6.07, 6.45) is 2.02. The Morgan fingerprint density at radius 2 is 1.83 bits per heavy atom. The van der Waals surface area contributed by atoms with Gasteiger partial charge >= 0.3 is 0 Å². The molecule has 1 saturated carbocycles. The van der Waals surface area contributed by atoms with Crippen molar-refractivity contribution in [2.75, 3.05) is 5.32 Å². The molecule has 1 fully saturated rings. The highest BCUT2D eigenvalue weighted by Gasteiger charge is 2.32. The van der Waals surface area contributed by atoms with Gasteiger partial charge in [0.25, 0.3) is 0 Å². The number of rotatable bonds is 6. The molecule has 0 spiro atoms. The summed E-state index contributed by atoms with van der Waals surface area (Å²) in [5.74, 6) is 0.114. The summed E-state index contributed by atoms with van der Waals surface area (Å²) < 4.78 is 16.3. The first-order valence-electron chi connectivity index (χ1n) is 10.1. The second kappa shape index (κ2) is 8.22. The van der Waals surface area contributed by atoms with Crippen LogP contribution in [0.15, 0.2) is 41.6 Å². The number of amides is 1. The van der Waals surface area contributed by atoms with Crippen LogP contribution in [0.25, 0.3) is 11.4 Å². The number of aryl methyl sites for hydroxylation is 3. The van der Waals surface area contributed by atoms with Gasteiger partial charge in [0.1, 0.15) is 5.82 Å². The molecule has 0 unspecified atom stereocenters. The molecule has 1 N–H and O–H groups in total. The van der Waals surface area contributed by atoms with E-state index in [1.807, 2.05) is 32.3 Å². The maximum atomic E-state index is 14.3. The molecular formula is C23H25FN4OS. The van der Waals surface area contributed by atoms with Crippen LogP contribution in [0, 0.1) is 26.6 Å². The summed E-state index contributed by atoms with van der Waals surface area (Å²) in [6, 6.07) is 11.0. The van der Waals surface area contributed by atoms with Crippen molar-refractivity contribution in [2.24, 2.45) is 0 Å². The van der Waals surface area contributed by atoms with E-state index in [9.17, 15) is 9.18 Å². The van der Waals surface area contributed by atoms with Gasteiger partial charge in [-0.25, -0.2) is 4.39 Å². The van der Waals surface area contributed by atoms with Crippen molar-refractivity contribution in [2.45, 2.75) is 57.0 Å². The fourth-order valence-electron chi connectivity index (χ4n) is 3.66. The summed E-state index contributed by atoms with van der Waals surface area (Å²) in [5, 5.41) is 11.9. The summed E-state index contributed by atoms with van der Waals surface area (Å²) in [5.41, 5.74) is 4.55. The van der Waals surface area contributed by atoms with Crippen LogP contribution in [0.4, 0.5) is 10.1 Å². The van der Waals surface area contributed by atoms with Gasteiger partial charge in [0.2, 0.25) is 5.91 Å². The number of halogens is 1. The lowest BCUT2D eigenvalue weighted by Crippen LogP contribution is -2.24. The van der Waals surface area contributed by atoms with Crippen LogP contribution in [-0.2, 0) is 4.79 Å². The molecule has 1 aliphatic carbocycles. The van der Waals surface area contributed by atoms with Crippen molar-refractivity contribution >= 4 is 23.4 Å². The van der Waals surface area contributed by atoms with E-state index in [-0.39, 0.29) is 23.0 Å². The molecule has 3 aromatic rings. The highest BCUT2D eigenvalue weighted by Crippen LogP contribution is 2.42. The Morgan fingerprint density at radius 1 is 1.17 bits per heavy atom. The van der Waals surface area contributed by atoms with Crippen LogP contribution in [-0.4, -0.2) is 25.9 Å². The molecule has 2 aromatic carbocycles. The van der Waals surface area contributed by atoms with Crippen molar-refractivity contribution < 1.29 is 9.18 Å². The quantitative estimate of drug-likeness (QED) is 0.534. The topological polar surface area (TPSA) is 59.8 Å². The minimum Gasteiger partial charge on any atom is -0.325 e. The summed E-state index contributed by atoms with van der Waals surface area (Å²) in [7, 11) is 0. The van der Waals surface area contributed by atoms with Gasteiger partial charge in [0, 0.05) is 11.7 Å². The molecule has 1 atom stereocenters.